The predicted octanol–water partition coefficient (Wildman–Crippen LogP) is 2.58. The third-order valence-corrected chi connectivity index (χ3v) is 3.74. The smallest absolute Gasteiger partial charge is 0.244 e. The molecule has 1 amide bonds. The highest BCUT2D eigenvalue weighted by atomic mass is 79.9. The van der Waals surface area contributed by atoms with Crippen LogP contribution in [-0.4, -0.2) is 26.8 Å². The lowest BCUT2D eigenvalue weighted by atomic mass is 10.2. The van der Waals surface area contributed by atoms with Crippen LogP contribution in [0.25, 0.3) is 5.65 Å². The maximum Gasteiger partial charge on any atom is 0.244 e. The van der Waals surface area contributed by atoms with Gasteiger partial charge in [0.05, 0.1) is 11.4 Å². The minimum Gasteiger partial charge on any atom is -0.323 e. The molecule has 1 aliphatic rings. The van der Waals surface area contributed by atoms with Crippen LogP contribution in [0.2, 0.25) is 0 Å². The Balaban J connectivity index is 1.96. The van der Waals surface area contributed by atoms with Crippen LogP contribution in [0.3, 0.4) is 0 Å². The number of benzene rings is 1. The lowest BCUT2D eigenvalue weighted by molar-refractivity contribution is -0.115. The number of imidazole rings is 1. The maximum atomic E-state index is 11.9. The van der Waals surface area contributed by atoms with E-state index in [0.29, 0.717) is 16.1 Å². The molecule has 0 saturated heterocycles. The Morgan fingerprint density at radius 1 is 1.29 bits per heavy atom. The topological polar surface area (TPSA) is 62.5 Å². The van der Waals surface area contributed by atoms with Crippen molar-refractivity contribution in [1.82, 2.24) is 14.4 Å². The highest BCUT2D eigenvalue weighted by Crippen LogP contribution is 2.35. The standard InChI is InChI=1S/C14H10BrN5O/c15-11-7-19-6-5-16-13(19)14(18-11)20-8-12(21)17-9-3-1-2-4-10(9)20/h1-7H,8H2,(H,17,21). The van der Waals surface area contributed by atoms with E-state index in [0.717, 1.165) is 11.4 Å². The number of nitrogens with one attached hydrogen (secondary N) is 1. The summed E-state index contributed by atoms with van der Waals surface area (Å²) in [4.78, 5) is 22.7. The molecule has 4 rings (SSSR count). The summed E-state index contributed by atoms with van der Waals surface area (Å²) >= 11 is 3.40. The maximum absolute atomic E-state index is 11.9. The van der Waals surface area contributed by atoms with Gasteiger partial charge in [-0.1, -0.05) is 12.1 Å². The molecule has 0 saturated carbocycles. The monoisotopic (exact) mass is 343 g/mol. The van der Waals surface area contributed by atoms with Crippen LogP contribution < -0.4 is 10.2 Å². The molecule has 6 nitrogen and oxygen atoms in total. The second-order valence-electron chi connectivity index (χ2n) is 4.70. The first-order valence-corrected chi connectivity index (χ1v) is 7.17. The number of fused-ring (bicyclic) bond motifs is 2. The molecule has 1 aromatic carbocycles. The number of hydrogen-bond donors (Lipinski definition) is 1. The van der Waals surface area contributed by atoms with Crippen molar-refractivity contribution in [1.29, 1.82) is 0 Å². The van der Waals surface area contributed by atoms with E-state index < -0.39 is 0 Å². The minimum absolute atomic E-state index is 0.0693. The minimum atomic E-state index is -0.0693. The van der Waals surface area contributed by atoms with Gasteiger partial charge in [0.1, 0.15) is 11.1 Å². The number of carbonyl (C=O) groups excluding carboxylic acids is 1. The van der Waals surface area contributed by atoms with Crippen LogP contribution in [-0.2, 0) is 4.79 Å². The molecule has 0 unspecified atom stereocenters. The molecule has 7 heteroatoms. The molecule has 1 aliphatic heterocycles. The number of carbonyl (C=O) groups is 1. The summed E-state index contributed by atoms with van der Waals surface area (Å²) in [7, 11) is 0. The Labute approximate surface area is 128 Å². The average Bonchev–Trinajstić information content (AvgIpc) is 2.93. The number of nitrogens with zero attached hydrogens (tertiary/aromatic N) is 4. The van der Waals surface area contributed by atoms with Gasteiger partial charge in [0.2, 0.25) is 5.91 Å². The summed E-state index contributed by atoms with van der Waals surface area (Å²) in [6.07, 6.45) is 5.39. The van der Waals surface area contributed by atoms with Gasteiger partial charge in [0.15, 0.2) is 11.5 Å². The molecule has 0 atom stereocenters. The second-order valence-corrected chi connectivity index (χ2v) is 5.51. The summed E-state index contributed by atoms with van der Waals surface area (Å²) in [6.45, 7) is 0.211. The van der Waals surface area contributed by atoms with Gasteiger partial charge in [-0.25, -0.2) is 9.97 Å². The van der Waals surface area contributed by atoms with E-state index in [1.165, 1.54) is 0 Å². The molecule has 21 heavy (non-hydrogen) atoms. The van der Waals surface area contributed by atoms with Crippen molar-refractivity contribution >= 4 is 44.7 Å². The average molecular weight is 344 g/mol. The molecule has 0 fully saturated rings. The Morgan fingerprint density at radius 2 is 2.14 bits per heavy atom. The van der Waals surface area contributed by atoms with Crippen LogP contribution in [0.4, 0.5) is 17.2 Å². The molecule has 1 N–H and O–H groups in total. The van der Waals surface area contributed by atoms with Crippen LogP contribution >= 0.6 is 15.9 Å². The van der Waals surface area contributed by atoms with Gasteiger partial charge in [0.25, 0.3) is 0 Å². The van der Waals surface area contributed by atoms with Gasteiger partial charge in [-0.05, 0) is 28.1 Å². The van der Waals surface area contributed by atoms with E-state index in [2.05, 4.69) is 31.2 Å². The highest BCUT2D eigenvalue weighted by Gasteiger charge is 2.26. The zero-order valence-corrected chi connectivity index (χ0v) is 12.4. The molecule has 0 radical (unpaired) electrons. The van der Waals surface area contributed by atoms with Crippen molar-refractivity contribution in [2.75, 3.05) is 16.8 Å². The van der Waals surface area contributed by atoms with Gasteiger partial charge >= 0.3 is 0 Å². The first-order chi connectivity index (χ1) is 10.2. The van der Waals surface area contributed by atoms with Crippen molar-refractivity contribution in [2.24, 2.45) is 0 Å². The van der Waals surface area contributed by atoms with E-state index in [1.54, 1.807) is 6.20 Å². The third kappa shape index (κ3) is 1.97. The zero-order valence-electron chi connectivity index (χ0n) is 10.8. The summed E-state index contributed by atoms with van der Waals surface area (Å²) in [5.74, 6) is 0.580. The Bertz CT molecular complexity index is 859. The van der Waals surface area contributed by atoms with Crippen molar-refractivity contribution < 1.29 is 4.79 Å². The lowest BCUT2D eigenvalue weighted by Crippen LogP contribution is -2.35. The summed E-state index contributed by atoms with van der Waals surface area (Å²) in [6, 6.07) is 7.66. The number of aromatic nitrogens is 3. The molecule has 3 heterocycles. The SMILES string of the molecule is O=C1CN(c2nc(Br)cn3ccnc23)c2ccccc2N1. The Morgan fingerprint density at radius 3 is 3.05 bits per heavy atom. The normalized spacial score (nSPS) is 14.1. The molecule has 104 valence electrons. The Kier molecular flexibility index (Phi) is 2.68. The van der Waals surface area contributed by atoms with Crippen molar-refractivity contribution in [3.63, 3.8) is 0 Å². The molecule has 0 spiro atoms. The fraction of sp³-hybridized carbons (Fsp3) is 0.0714. The number of para-hydroxylation sites is 2. The number of amides is 1. The quantitative estimate of drug-likeness (QED) is 0.737. The molecule has 0 bridgehead atoms. The number of rotatable bonds is 1. The van der Waals surface area contributed by atoms with Crippen molar-refractivity contribution in [2.45, 2.75) is 0 Å². The van der Waals surface area contributed by atoms with Gasteiger partial charge in [0, 0.05) is 18.6 Å². The third-order valence-electron chi connectivity index (χ3n) is 3.35. The largest absolute Gasteiger partial charge is 0.323 e. The molecular formula is C14H10BrN5O. The summed E-state index contributed by atoms with van der Waals surface area (Å²) < 4.78 is 2.56. The second kappa shape index (κ2) is 4.56. The molecule has 3 aromatic rings. The van der Waals surface area contributed by atoms with E-state index >= 15 is 0 Å². The van der Waals surface area contributed by atoms with Crippen LogP contribution in [0.15, 0.2) is 47.5 Å². The number of hydrogen-bond acceptors (Lipinski definition) is 4. The van der Waals surface area contributed by atoms with Gasteiger partial charge in [-0.15, -0.1) is 0 Å². The Hall–Kier alpha value is -2.41. The number of anilines is 3. The van der Waals surface area contributed by atoms with Crippen LogP contribution in [0.1, 0.15) is 0 Å². The van der Waals surface area contributed by atoms with Crippen molar-refractivity contribution in [3.05, 3.63) is 47.5 Å². The molecule has 0 aliphatic carbocycles. The van der Waals surface area contributed by atoms with Gasteiger partial charge in [-0.3, -0.25) is 4.79 Å². The lowest BCUT2D eigenvalue weighted by Gasteiger charge is -2.30. The summed E-state index contributed by atoms with van der Waals surface area (Å²) in [5.41, 5.74) is 2.40. The van der Waals surface area contributed by atoms with E-state index in [1.807, 2.05) is 46.0 Å². The molecular weight excluding hydrogens is 334 g/mol. The summed E-state index contributed by atoms with van der Waals surface area (Å²) in [5, 5.41) is 2.87. The van der Waals surface area contributed by atoms with Gasteiger partial charge < -0.3 is 14.6 Å². The first kappa shape index (κ1) is 12.3. The van der Waals surface area contributed by atoms with Crippen LogP contribution in [0, 0.1) is 0 Å². The highest BCUT2D eigenvalue weighted by molar-refractivity contribution is 9.10. The molecule has 2 aromatic heterocycles. The van der Waals surface area contributed by atoms with Gasteiger partial charge in [-0.2, -0.15) is 0 Å². The van der Waals surface area contributed by atoms with Crippen molar-refractivity contribution in [3.8, 4) is 0 Å². The predicted molar refractivity (Wildman–Crippen MR) is 82.8 cm³/mol. The van der Waals surface area contributed by atoms with Crippen LogP contribution in [0.5, 0.6) is 0 Å². The first-order valence-electron chi connectivity index (χ1n) is 6.38. The number of halogens is 1. The van der Waals surface area contributed by atoms with E-state index in [4.69, 9.17) is 0 Å². The fourth-order valence-electron chi connectivity index (χ4n) is 2.49. The van der Waals surface area contributed by atoms with E-state index in [9.17, 15) is 4.79 Å². The zero-order chi connectivity index (χ0) is 14.4. The fourth-order valence-corrected chi connectivity index (χ4v) is 2.88. The van der Waals surface area contributed by atoms with E-state index in [-0.39, 0.29) is 12.5 Å².